The largest absolute Gasteiger partial charge is 0.508 e. The average Bonchev–Trinajstić information content (AvgIpc) is 3.37. The van der Waals surface area contributed by atoms with Crippen molar-refractivity contribution in [3.63, 3.8) is 0 Å². The molecule has 3 aromatic carbocycles. The number of nitrogens with zero attached hydrogens (tertiary/aromatic N) is 3. The van der Waals surface area contributed by atoms with Gasteiger partial charge in [0.05, 0.1) is 18.0 Å². The van der Waals surface area contributed by atoms with Crippen molar-refractivity contribution in [2.45, 2.75) is 44.8 Å². The van der Waals surface area contributed by atoms with E-state index in [9.17, 15) is 24.3 Å². The highest BCUT2D eigenvalue weighted by atomic mass is 16.7. The number of hydroxylamine groups is 2. The standard InChI is InChI=1S/C38H41N5O6/c1-2-29(24-6-4-3-5-7-24)35(25-8-12-27(44)13-9-25)26-10-14-28(15-11-26)49-42-20-18-41(19-21-42)33-22-30-31(23-39-33)38(48)43(37(30)47)32-16-17-34(45)40-36(32)46/h3-15,30-33,39,44H,2,16-23H2,1H3,(H,40,45,46)/b35-29-. The fourth-order valence-corrected chi connectivity index (χ4v) is 7.65. The lowest BCUT2D eigenvalue weighted by Gasteiger charge is -2.42. The Bertz CT molecular complexity index is 1750. The summed E-state index contributed by atoms with van der Waals surface area (Å²) in [7, 11) is 0. The number of phenols is 1. The number of hydrogen-bond donors (Lipinski definition) is 3. The van der Waals surface area contributed by atoms with E-state index >= 15 is 0 Å². The Morgan fingerprint density at radius 2 is 1.47 bits per heavy atom. The van der Waals surface area contributed by atoms with Crippen molar-refractivity contribution >= 4 is 34.8 Å². The lowest BCUT2D eigenvalue weighted by molar-refractivity contribution is -0.151. The van der Waals surface area contributed by atoms with Gasteiger partial charge in [-0.05, 0) is 71.4 Å². The summed E-state index contributed by atoms with van der Waals surface area (Å²) in [6, 6.07) is 24.9. The van der Waals surface area contributed by atoms with E-state index in [1.165, 1.54) is 5.57 Å². The van der Waals surface area contributed by atoms with Crippen molar-refractivity contribution in [3.8, 4) is 11.5 Å². The van der Waals surface area contributed by atoms with Crippen LogP contribution in [0.1, 0.15) is 49.3 Å². The van der Waals surface area contributed by atoms with Gasteiger partial charge in [-0.25, -0.2) is 0 Å². The molecule has 3 N–H and O–H groups in total. The third-order valence-electron chi connectivity index (χ3n) is 10.2. The summed E-state index contributed by atoms with van der Waals surface area (Å²) in [6.07, 6.45) is 1.55. The van der Waals surface area contributed by atoms with Gasteiger partial charge in [0, 0.05) is 39.1 Å². The topological polar surface area (TPSA) is 132 Å². The summed E-state index contributed by atoms with van der Waals surface area (Å²) in [5, 5.41) is 17.6. The number of fused-ring (bicyclic) bond motifs is 1. The molecule has 7 rings (SSSR count). The van der Waals surface area contributed by atoms with Crippen LogP contribution in [-0.4, -0.2) is 88.5 Å². The molecule has 11 nitrogen and oxygen atoms in total. The Kier molecular flexibility index (Phi) is 9.31. The number of piperidine rings is 2. The van der Waals surface area contributed by atoms with Crippen molar-refractivity contribution in [1.82, 2.24) is 25.5 Å². The Labute approximate surface area is 285 Å². The normalized spacial score (nSPS) is 25.5. The molecular weight excluding hydrogens is 622 g/mol. The molecule has 4 unspecified atom stereocenters. The second-order valence-electron chi connectivity index (χ2n) is 13.1. The molecular formula is C38H41N5O6. The smallest absolute Gasteiger partial charge is 0.249 e. The van der Waals surface area contributed by atoms with E-state index in [0.29, 0.717) is 26.1 Å². The Balaban J connectivity index is 0.983. The van der Waals surface area contributed by atoms with Crippen LogP contribution in [0, 0.1) is 11.8 Å². The van der Waals surface area contributed by atoms with Crippen molar-refractivity contribution in [3.05, 3.63) is 95.6 Å². The molecule has 4 heterocycles. The third kappa shape index (κ3) is 6.61. The molecule has 4 atom stereocenters. The first-order valence-corrected chi connectivity index (χ1v) is 17.1. The van der Waals surface area contributed by atoms with Gasteiger partial charge in [0.2, 0.25) is 23.6 Å². The minimum Gasteiger partial charge on any atom is -0.508 e. The van der Waals surface area contributed by atoms with Crippen LogP contribution in [0.4, 0.5) is 0 Å². The first kappa shape index (κ1) is 32.7. The molecule has 4 amide bonds. The number of carbonyl (C=O) groups is 4. The monoisotopic (exact) mass is 663 g/mol. The molecule has 3 aromatic rings. The van der Waals surface area contributed by atoms with Crippen molar-refractivity contribution in [1.29, 1.82) is 0 Å². The van der Waals surface area contributed by atoms with E-state index in [4.69, 9.17) is 4.84 Å². The Hall–Kier alpha value is -4.84. The van der Waals surface area contributed by atoms with Crippen LogP contribution < -0.4 is 15.5 Å². The zero-order chi connectivity index (χ0) is 34.1. The summed E-state index contributed by atoms with van der Waals surface area (Å²) in [4.78, 5) is 60.3. The highest BCUT2D eigenvalue weighted by Crippen LogP contribution is 2.37. The molecule has 4 fully saturated rings. The van der Waals surface area contributed by atoms with Crippen molar-refractivity contribution in [2.24, 2.45) is 11.8 Å². The number of likely N-dealkylation sites (tertiary alicyclic amines) is 1. The molecule has 0 radical (unpaired) electrons. The zero-order valence-electron chi connectivity index (χ0n) is 27.5. The van der Waals surface area contributed by atoms with E-state index < -0.39 is 23.8 Å². The number of amides is 4. The van der Waals surface area contributed by atoms with Gasteiger partial charge < -0.3 is 15.3 Å². The molecule has 49 heavy (non-hydrogen) atoms. The number of carbonyl (C=O) groups excluding carboxylic acids is 4. The highest BCUT2D eigenvalue weighted by Gasteiger charge is 2.54. The number of rotatable bonds is 8. The van der Waals surface area contributed by atoms with Gasteiger partial charge in [0.25, 0.3) is 0 Å². The number of benzene rings is 3. The maximum absolute atomic E-state index is 13.4. The number of phenolic OH excluding ortho intramolecular Hbond substituents is 1. The van der Waals surface area contributed by atoms with Crippen LogP contribution >= 0.6 is 0 Å². The number of nitrogens with one attached hydrogen (secondary N) is 2. The molecule has 0 spiro atoms. The number of aromatic hydroxyl groups is 1. The number of allylic oxidation sites excluding steroid dienone is 1. The quantitative estimate of drug-likeness (QED) is 0.245. The average molecular weight is 664 g/mol. The maximum Gasteiger partial charge on any atom is 0.249 e. The van der Waals surface area contributed by atoms with E-state index in [2.05, 4.69) is 46.7 Å². The molecule has 4 aliphatic rings. The van der Waals surface area contributed by atoms with Crippen molar-refractivity contribution in [2.75, 3.05) is 32.7 Å². The second kappa shape index (κ2) is 13.9. The molecule has 0 bridgehead atoms. The molecule has 4 saturated heterocycles. The second-order valence-corrected chi connectivity index (χ2v) is 13.1. The van der Waals surface area contributed by atoms with Gasteiger partial charge in [-0.2, -0.15) is 0 Å². The molecule has 0 saturated carbocycles. The maximum atomic E-state index is 13.4. The number of hydrogen-bond acceptors (Lipinski definition) is 9. The fraction of sp³-hybridized carbons (Fsp3) is 0.368. The lowest BCUT2D eigenvalue weighted by atomic mass is 9.86. The van der Waals surface area contributed by atoms with Crippen LogP contribution in [-0.2, 0) is 19.2 Å². The SMILES string of the molecule is CC/C(=C(\c1ccc(O)cc1)c1ccc(ON2CCN(C3CC4C(=O)N(C5CCC(=O)NC5=O)C(=O)C4CN3)CC2)cc1)c1ccccc1. The Morgan fingerprint density at radius 3 is 2.12 bits per heavy atom. The number of imide groups is 2. The molecule has 254 valence electrons. The predicted molar refractivity (Wildman–Crippen MR) is 182 cm³/mol. The first-order valence-electron chi connectivity index (χ1n) is 17.1. The highest BCUT2D eigenvalue weighted by molar-refractivity contribution is 6.11. The summed E-state index contributed by atoms with van der Waals surface area (Å²) in [5.74, 6) is -1.58. The van der Waals surface area contributed by atoms with E-state index in [0.717, 1.165) is 52.4 Å². The van der Waals surface area contributed by atoms with Crippen LogP contribution in [0.5, 0.6) is 11.5 Å². The van der Waals surface area contributed by atoms with E-state index in [1.54, 1.807) is 12.1 Å². The third-order valence-corrected chi connectivity index (χ3v) is 10.2. The van der Waals surface area contributed by atoms with Crippen LogP contribution in [0.3, 0.4) is 0 Å². The van der Waals surface area contributed by atoms with Gasteiger partial charge in [0.1, 0.15) is 17.5 Å². The number of piperazine rings is 1. The summed E-state index contributed by atoms with van der Waals surface area (Å²) >= 11 is 0. The fourth-order valence-electron chi connectivity index (χ4n) is 7.65. The zero-order valence-corrected chi connectivity index (χ0v) is 27.5. The van der Waals surface area contributed by atoms with Gasteiger partial charge in [-0.3, -0.25) is 34.3 Å². The van der Waals surface area contributed by atoms with E-state index in [-0.39, 0.29) is 42.5 Å². The summed E-state index contributed by atoms with van der Waals surface area (Å²) < 4.78 is 0. The van der Waals surface area contributed by atoms with E-state index in [1.807, 2.05) is 47.5 Å². The van der Waals surface area contributed by atoms with Crippen molar-refractivity contribution < 1.29 is 29.1 Å². The first-order chi connectivity index (χ1) is 23.8. The molecule has 11 heteroatoms. The molecule has 4 aliphatic heterocycles. The summed E-state index contributed by atoms with van der Waals surface area (Å²) in [5.41, 5.74) is 5.56. The Morgan fingerprint density at radius 1 is 0.816 bits per heavy atom. The predicted octanol–water partition coefficient (Wildman–Crippen LogP) is 3.40. The van der Waals surface area contributed by atoms with Gasteiger partial charge >= 0.3 is 0 Å². The van der Waals surface area contributed by atoms with Gasteiger partial charge in [-0.1, -0.05) is 61.5 Å². The summed E-state index contributed by atoms with van der Waals surface area (Å²) in [6.45, 7) is 5.29. The van der Waals surface area contributed by atoms with Crippen LogP contribution in [0.15, 0.2) is 78.9 Å². The molecule has 0 aromatic heterocycles. The lowest BCUT2D eigenvalue weighted by Crippen LogP contribution is -2.59. The van der Waals surface area contributed by atoms with Crippen LogP contribution in [0.25, 0.3) is 11.1 Å². The molecule has 0 aliphatic carbocycles. The minimum atomic E-state index is -0.913. The van der Waals surface area contributed by atoms with Gasteiger partial charge in [-0.15, -0.1) is 5.06 Å². The van der Waals surface area contributed by atoms with Gasteiger partial charge in [0.15, 0.2) is 0 Å². The van der Waals surface area contributed by atoms with Crippen LogP contribution in [0.2, 0.25) is 0 Å². The minimum absolute atomic E-state index is 0.0661.